The molecule has 8 heteroatoms. The molecule has 4 rings (SSSR count). The van der Waals surface area contributed by atoms with Gasteiger partial charge in [-0.2, -0.15) is 0 Å². The molecule has 0 bridgehead atoms. The first-order valence-corrected chi connectivity index (χ1v) is 11.6. The molecule has 0 aliphatic heterocycles. The highest BCUT2D eigenvalue weighted by atomic mass is 32.1. The lowest BCUT2D eigenvalue weighted by molar-refractivity contribution is -0.139. The molecule has 0 spiro atoms. The number of carbonyl (C=O) groups excluding carboxylic acids is 2. The summed E-state index contributed by atoms with van der Waals surface area (Å²) in [5.41, 5.74) is 4.41. The molecule has 2 amide bonds. The summed E-state index contributed by atoms with van der Waals surface area (Å²) in [5, 5.41) is 16.5. The molecule has 3 aromatic rings. The highest BCUT2D eigenvalue weighted by Gasteiger charge is 2.29. The standard InChI is InChI=1S/C25H24N2O5S/c28-23(22-12-6-14-33-22)26-13-5-11-21(24(29)30)27-25(31)32-15-20-18-9-3-1-7-16(18)17-8-2-4-10-19(17)20/h1-4,6-10,12,14,20-21H,5,11,13,15H2,(H,26,28)(H,27,31)(H,29,30)/t21-/m1/s1. The smallest absolute Gasteiger partial charge is 0.407 e. The second-order valence-corrected chi connectivity index (χ2v) is 8.68. The number of nitrogens with one attached hydrogen (secondary N) is 2. The van der Waals surface area contributed by atoms with Gasteiger partial charge < -0.3 is 20.5 Å². The van der Waals surface area contributed by atoms with Crippen molar-refractivity contribution in [2.45, 2.75) is 24.8 Å². The van der Waals surface area contributed by atoms with Gasteiger partial charge in [-0.1, -0.05) is 54.6 Å². The molecule has 0 unspecified atom stereocenters. The number of hydrogen-bond donors (Lipinski definition) is 3. The van der Waals surface area contributed by atoms with Crippen LogP contribution in [0.5, 0.6) is 0 Å². The Labute approximate surface area is 195 Å². The highest BCUT2D eigenvalue weighted by Crippen LogP contribution is 2.44. The zero-order chi connectivity index (χ0) is 23.2. The van der Waals surface area contributed by atoms with Crippen LogP contribution in [0.4, 0.5) is 4.79 Å². The van der Waals surface area contributed by atoms with Gasteiger partial charge >= 0.3 is 12.1 Å². The number of rotatable bonds is 9. The fraction of sp³-hybridized carbons (Fsp3) is 0.240. The Balaban J connectivity index is 1.28. The monoisotopic (exact) mass is 464 g/mol. The van der Waals surface area contributed by atoms with E-state index in [9.17, 15) is 19.5 Å². The van der Waals surface area contributed by atoms with E-state index in [4.69, 9.17) is 4.74 Å². The second kappa shape index (κ2) is 10.3. The molecule has 1 aromatic heterocycles. The number of benzene rings is 2. The molecular formula is C25H24N2O5S. The molecule has 1 heterocycles. The first-order valence-electron chi connectivity index (χ1n) is 10.7. The third-order valence-corrected chi connectivity index (χ3v) is 6.50. The minimum absolute atomic E-state index is 0.0982. The number of aliphatic carboxylic acids is 1. The van der Waals surface area contributed by atoms with Crippen LogP contribution in [0.3, 0.4) is 0 Å². The summed E-state index contributed by atoms with van der Waals surface area (Å²) < 4.78 is 5.43. The Hall–Kier alpha value is -3.65. The number of amides is 2. The number of hydrogen-bond acceptors (Lipinski definition) is 5. The summed E-state index contributed by atoms with van der Waals surface area (Å²) in [7, 11) is 0. The van der Waals surface area contributed by atoms with Gasteiger partial charge in [-0.3, -0.25) is 4.79 Å². The maximum Gasteiger partial charge on any atom is 0.407 e. The molecule has 1 aliphatic rings. The molecule has 0 radical (unpaired) electrons. The van der Waals surface area contributed by atoms with Crippen LogP contribution in [0.2, 0.25) is 0 Å². The van der Waals surface area contributed by atoms with Crippen LogP contribution in [-0.2, 0) is 9.53 Å². The van der Waals surface area contributed by atoms with Crippen LogP contribution >= 0.6 is 11.3 Å². The topological polar surface area (TPSA) is 105 Å². The fourth-order valence-corrected chi connectivity index (χ4v) is 4.68. The Morgan fingerprint density at radius 2 is 1.64 bits per heavy atom. The van der Waals surface area contributed by atoms with Gasteiger partial charge in [0.25, 0.3) is 5.91 Å². The molecule has 0 saturated heterocycles. The molecule has 33 heavy (non-hydrogen) atoms. The Bertz CT molecular complexity index is 1100. The van der Waals surface area contributed by atoms with Gasteiger partial charge in [-0.25, -0.2) is 9.59 Å². The maximum absolute atomic E-state index is 12.4. The van der Waals surface area contributed by atoms with Crippen molar-refractivity contribution in [3.63, 3.8) is 0 Å². The number of ether oxygens (including phenoxy) is 1. The van der Waals surface area contributed by atoms with E-state index in [-0.39, 0.29) is 24.9 Å². The summed E-state index contributed by atoms with van der Waals surface area (Å²) in [6.45, 7) is 0.427. The molecule has 2 aromatic carbocycles. The van der Waals surface area contributed by atoms with Crippen molar-refractivity contribution >= 4 is 29.3 Å². The van der Waals surface area contributed by atoms with Gasteiger partial charge in [0.1, 0.15) is 12.6 Å². The van der Waals surface area contributed by atoms with E-state index in [1.54, 1.807) is 12.1 Å². The average Bonchev–Trinajstić information content (AvgIpc) is 3.46. The van der Waals surface area contributed by atoms with E-state index < -0.39 is 18.1 Å². The van der Waals surface area contributed by atoms with Crippen LogP contribution in [0, 0.1) is 0 Å². The molecule has 3 N–H and O–H groups in total. The van der Waals surface area contributed by atoms with Crippen molar-refractivity contribution in [1.82, 2.24) is 10.6 Å². The SMILES string of the molecule is O=C(N[C@H](CCCNC(=O)c1cccs1)C(=O)O)OCC1c2ccccc2-c2ccccc21. The Morgan fingerprint density at radius 1 is 0.970 bits per heavy atom. The Kier molecular flexibility index (Phi) is 7.04. The van der Waals surface area contributed by atoms with Crippen LogP contribution in [0.1, 0.15) is 39.6 Å². The largest absolute Gasteiger partial charge is 0.480 e. The van der Waals surface area contributed by atoms with Gasteiger partial charge in [0.2, 0.25) is 0 Å². The molecule has 7 nitrogen and oxygen atoms in total. The Morgan fingerprint density at radius 3 is 2.24 bits per heavy atom. The van der Waals surface area contributed by atoms with Crippen LogP contribution in [0.15, 0.2) is 66.0 Å². The number of carbonyl (C=O) groups is 3. The number of carboxylic acid groups (broad SMARTS) is 1. The number of alkyl carbamates (subject to hydrolysis) is 1. The molecule has 0 saturated carbocycles. The fourth-order valence-electron chi connectivity index (χ4n) is 4.04. The maximum atomic E-state index is 12.4. The average molecular weight is 465 g/mol. The molecular weight excluding hydrogens is 440 g/mol. The van der Waals surface area contributed by atoms with E-state index in [2.05, 4.69) is 10.6 Å². The predicted octanol–water partition coefficient (Wildman–Crippen LogP) is 4.25. The van der Waals surface area contributed by atoms with E-state index in [0.717, 1.165) is 22.3 Å². The van der Waals surface area contributed by atoms with E-state index in [1.807, 2.05) is 53.9 Å². The summed E-state index contributed by atoms with van der Waals surface area (Å²) >= 11 is 1.34. The van der Waals surface area contributed by atoms with Crippen molar-refractivity contribution in [2.24, 2.45) is 0 Å². The van der Waals surface area contributed by atoms with Crippen LogP contribution in [-0.4, -0.2) is 42.3 Å². The normalized spacial score (nSPS) is 13.0. The van der Waals surface area contributed by atoms with E-state index in [1.165, 1.54) is 11.3 Å². The predicted molar refractivity (Wildman–Crippen MR) is 126 cm³/mol. The zero-order valence-corrected chi connectivity index (χ0v) is 18.6. The third kappa shape index (κ3) is 5.23. The number of thiophene rings is 1. The highest BCUT2D eigenvalue weighted by molar-refractivity contribution is 7.12. The minimum atomic E-state index is -1.15. The molecule has 1 atom stereocenters. The molecule has 170 valence electrons. The van der Waals surface area contributed by atoms with Gasteiger partial charge in [0, 0.05) is 12.5 Å². The summed E-state index contributed by atoms with van der Waals surface area (Å²) in [6.07, 6.45) is -0.200. The van der Waals surface area contributed by atoms with Gasteiger partial charge in [0.15, 0.2) is 0 Å². The number of carboxylic acids is 1. The van der Waals surface area contributed by atoms with E-state index in [0.29, 0.717) is 17.8 Å². The van der Waals surface area contributed by atoms with Crippen LogP contribution in [0.25, 0.3) is 11.1 Å². The van der Waals surface area contributed by atoms with Crippen molar-refractivity contribution < 1.29 is 24.2 Å². The van der Waals surface area contributed by atoms with Crippen molar-refractivity contribution in [3.05, 3.63) is 82.0 Å². The quantitative estimate of drug-likeness (QED) is 0.411. The number of fused-ring (bicyclic) bond motifs is 3. The summed E-state index contributed by atoms with van der Waals surface area (Å²) in [5.74, 6) is -1.44. The van der Waals surface area contributed by atoms with Gasteiger partial charge in [0.05, 0.1) is 4.88 Å². The molecule has 1 aliphatic carbocycles. The van der Waals surface area contributed by atoms with Crippen molar-refractivity contribution in [2.75, 3.05) is 13.2 Å². The lowest BCUT2D eigenvalue weighted by atomic mass is 9.98. The van der Waals surface area contributed by atoms with Crippen molar-refractivity contribution in [3.8, 4) is 11.1 Å². The van der Waals surface area contributed by atoms with Gasteiger partial charge in [-0.05, 0) is 46.5 Å². The summed E-state index contributed by atoms with van der Waals surface area (Å²) in [6, 6.07) is 18.4. The second-order valence-electron chi connectivity index (χ2n) is 7.74. The van der Waals surface area contributed by atoms with E-state index >= 15 is 0 Å². The van der Waals surface area contributed by atoms with Crippen LogP contribution < -0.4 is 10.6 Å². The first-order chi connectivity index (χ1) is 16.0. The van der Waals surface area contributed by atoms with Crippen molar-refractivity contribution in [1.29, 1.82) is 0 Å². The lowest BCUT2D eigenvalue weighted by Gasteiger charge is -2.17. The lowest BCUT2D eigenvalue weighted by Crippen LogP contribution is -2.42. The first kappa shape index (κ1) is 22.5. The molecule has 0 fully saturated rings. The summed E-state index contributed by atoms with van der Waals surface area (Å²) in [4.78, 5) is 36.5. The third-order valence-electron chi connectivity index (χ3n) is 5.63. The zero-order valence-electron chi connectivity index (χ0n) is 17.8. The minimum Gasteiger partial charge on any atom is -0.480 e. The van der Waals surface area contributed by atoms with Gasteiger partial charge in [-0.15, -0.1) is 11.3 Å².